The SMILES string of the molecule is Cc1cc(C)c(SC2C(=O)CC23CCCCC3)c(C)c1. The maximum Gasteiger partial charge on any atom is 0.147 e. The van der Waals surface area contributed by atoms with Crippen LogP contribution in [-0.2, 0) is 4.79 Å². The van der Waals surface area contributed by atoms with E-state index >= 15 is 0 Å². The summed E-state index contributed by atoms with van der Waals surface area (Å²) in [6, 6.07) is 4.48. The van der Waals surface area contributed by atoms with E-state index < -0.39 is 0 Å². The van der Waals surface area contributed by atoms with Crippen molar-refractivity contribution in [1.29, 1.82) is 0 Å². The third-order valence-corrected chi connectivity index (χ3v) is 6.94. The van der Waals surface area contributed by atoms with Crippen LogP contribution in [0, 0.1) is 26.2 Å². The lowest BCUT2D eigenvalue weighted by Gasteiger charge is -2.50. The first-order valence-corrected chi connectivity index (χ1v) is 8.67. The van der Waals surface area contributed by atoms with Crippen molar-refractivity contribution >= 4 is 17.5 Å². The fourth-order valence-corrected chi connectivity index (χ4v) is 5.61. The topological polar surface area (TPSA) is 17.1 Å². The summed E-state index contributed by atoms with van der Waals surface area (Å²) >= 11 is 1.86. The van der Waals surface area contributed by atoms with E-state index in [-0.39, 0.29) is 5.25 Å². The molecule has 0 bridgehead atoms. The maximum absolute atomic E-state index is 12.2. The molecule has 2 saturated carbocycles. The van der Waals surface area contributed by atoms with Gasteiger partial charge in [-0.3, -0.25) is 4.79 Å². The summed E-state index contributed by atoms with van der Waals surface area (Å²) in [5, 5.41) is 0.225. The van der Waals surface area contributed by atoms with Crippen molar-refractivity contribution in [2.75, 3.05) is 0 Å². The molecule has 1 aromatic rings. The van der Waals surface area contributed by atoms with Crippen molar-refractivity contribution in [3.8, 4) is 0 Å². The van der Waals surface area contributed by atoms with Gasteiger partial charge in [0.25, 0.3) is 0 Å². The molecule has 0 saturated heterocycles. The number of benzene rings is 1. The molecular weight excluding hydrogens is 264 g/mol. The van der Waals surface area contributed by atoms with Gasteiger partial charge in [-0.1, -0.05) is 37.0 Å². The van der Waals surface area contributed by atoms with Crippen molar-refractivity contribution in [2.24, 2.45) is 5.41 Å². The van der Waals surface area contributed by atoms with Gasteiger partial charge in [0, 0.05) is 11.3 Å². The van der Waals surface area contributed by atoms with Crippen LogP contribution in [0.1, 0.15) is 55.2 Å². The number of hydrogen-bond donors (Lipinski definition) is 0. The standard InChI is InChI=1S/C18H24OS/c1-12-9-13(2)16(14(3)10-12)20-17-15(19)11-18(17)7-5-4-6-8-18/h9-10,17H,4-8,11H2,1-3H3. The van der Waals surface area contributed by atoms with Gasteiger partial charge < -0.3 is 0 Å². The number of Topliss-reactive ketones (excluding diaryl/α,β-unsaturated/α-hetero) is 1. The Balaban J connectivity index is 1.85. The molecule has 2 aliphatic carbocycles. The fourth-order valence-electron chi connectivity index (χ4n) is 4.10. The third-order valence-electron chi connectivity index (χ3n) is 5.06. The fraction of sp³-hybridized carbons (Fsp3) is 0.611. The summed E-state index contributed by atoms with van der Waals surface area (Å²) in [7, 11) is 0. The highest BCUT2D eigenvalue weighted by Gasteiger charge is 2.53. The summed E-state index contributed by atoms with van der Waals surface area (Å²) in [5.74, 6) is 0.483. The van der Waals surface area contributed by atoms with E-state index in [9.17, 15) is 4.79 Å². The Morgan fingerprint density at radius 2 is 1.65 bits per heavy atom. The van der Waals surface area contributed by atoms with Gasteiger partial charge in [-0.15, -0.1) is 11.8 Å². The average molecular weight is 288 g/mol. The quantitative estimate of drug-likeness (QED) is 0.762. The van der Waals surface area contributed by atoms with Gasteiger partial charge in [-0.25, -0.2) is 0 Å². The first-order chi connectivity index (χ1) is 9.52. The number of carbonyl (C=O) groups excluding carboxylic acids is 1. The molecule has 0 amide bonds. The Hall–Kier alpha value is -0.760. The zero-order valence-electron chi connectivity index (χ0n) is 12.8. The molecule has 0 aromatic heterocycles. The second-order valence-corrected chi connectivity index (χ2v) is 7.91. The van der Waals surface area contributed by atoms with Crippen molar-refractivity contribution in [3.05, 3.63) is 28.8 Å². The summed E-state index contributed by atoms with van der Waals surface area (Å²) in [6.07, 6.45) is 7.36. The monoisotopic (exact) mass is 288 g/mol. The van der Waals surface area contributed by atoms with Crippen LogP contribution in [-0.4, -0.2) is 11.0 Å². The van der Waals surface area contributed by atoms with E-state index in [1.807, 2.05) is 11.8 Å². The molecule has 20 heavy (non-hydrogen) atoms. The molecule has 1 aromatic carbocycles. The number of thioether (sulfide) groups is 1. The molecule has 0 heterocycles. The molecule has 1 nitrogen and oxygen atoms in total. The molecule has 108 valence electrons. The van der Waals surface area contributed by atoms with Gasteiger partial charge in [0.1, 0.15) is 5.78 Å². The number of carbonyl (C=O) groups is 1. The Morgan fingerprint density at radius 1 is 1.05 bits per heavy atom. The molecule has 1 spiro atoms. The maximum atomic E-state index is 12.2. The van der Waals surface area contributed by atoms with Crippen LogP contribution >= 0.6 is 11.8 Å². The van der Waals surface area contributed by atoms with Crippen LogP contribution in [0.25, 0.3) is 0 Å². The zero-order chi connectivity index (χ0) is 14.3. The van der Waals surface area contributed by atoms with Crippen LogP contribution in [0.2, 0.25) is 0 Å². The van der Waals surface area contributed by atoms with Gasteiger partial charge >= 0.3 is 0 Å². The van der Waals surface area contributed by atoms with Crippen LogP contribution in [0.3, 0.4) is 0 Å². The van der Waals surface area contributed by atoms with Crippen LogP contribution in [0.4, 0.5) is 0 Å². The lowest BCUT2D eigenvalue weighted by Crippen LogP contribution is -2.52. The summed E-state index contributed by atoms with van der Waals surface area (Å²) in [4.78, 5) is 13.5. The average Bonchev–Trinajstić information content (AvgIpc) is 2.38. The van der Waals surface area contributed by atoms with Crippen molar-refractivity contribution in [1.82, 2.24) is 0 Å². The molecule has 0 aliphatic heterocycles. The predicted molar refractivity (Wildman–Crippen MR) is 85.4 cm³/mol. The van der Waals surface area contributed by atoms with Crippen LogP contribution < -0.4 is 0 Å². The third kappa shape index (κ3) is 2.32. The zero-order valence-corrected chi connectivity index (χ0v) is 13.6. The Bertz CT molecular complexity index is 517. The number of hydrogen-bond acceptors (Lipinski definition) is 2. The second kappa shape index (κ2) is 5.22. The van der Waals surface area contributed by atoms with Gasteiger partial charge in [0.2, 0.25) is 0 Å². The minimum absolute atomic E-state index is 0.225. The minimum Gasteiger partial charge on any atom is -0.298 e. The number of aryl methyl sites for hydroxylation is 3. The van der Waals surface area contributed by atoms with Crippen molar-refractivity contribution < 1.29 is 4.79 Å². The van der Waals surface area contributed by atoms with Gasteiger partial charge in [-0.2, -0.15) is 0 Å². The van der Waals surface area contributed by atoms with Gasteiger partial charge in [0.05, 0.1) is 5.25 Å². The molecule has 2 fully saturated rings. The first-order valence-electron chi connectivity index (χ1n) is 7.79. The summed E-state index contributed by atoms with van der Waals surface area (Å²) in [6.45, 7) is 6.50. The molecule has 0 radical (unpaired) electrons. The molecule has 0 N–H and O–H groups in total. The van der Waals surface area contributed by atoms with E-state index in [1.54, 1.807) is 0 Å². The Kier molecular flexibility index (Phi) is 3.70. The van der Waals surface area contributed by atoms with Gasteiger partial charge in [-0.05, 0) is 50.2 Å². The molecule has 1 unspecified atom stereocenters. The highest BCUT2D eigenvalue weighted by atomic mass is 32.2. The molecule has 3 rings (SSSR count). The van der Waals surface area contributed by atoms with Crippen molar-refractivity contribution in [2.45, 2.75) is 69.4 Å². The molecule has 2 aliphatic rings. The van der Waals surface area contributed by atoms with E-state index in [2.05, 4.69) is 32.9 Å². The van der Waals surface area contributed by atoms with E-state index in [1.165, 1.54) is 53.7 Å². The molecule has 1 atom stereocenters. The van der Waals surface area contributed by atoms with Crippen molar-refractivity contribution in [3.63, 3.8) is 0 Å². The van der Waals surface area contributed by atoms with E-state index in [0.717, 1.165) is 6.42 Å². The van der Waals surface area contributed by atoms with Crippen LogP contribution in [0.5, 0.6) is 0 Å². The summed E-state index contributed by atoms with van der Waals surface area (Å²) in [5.41, 5.74) is 4.32. The Morgan fingerprint density at radius 3 is 2.20 bits per heavy atom. The minimum atomic E-state index is 0.225. The number of ketones is 1. The smallest absolute Gasteiger partial charge is 0.147 e. The Labute approximate surface area is 126 Å². The first kappa shape index (κ1) is 14.2. The normalized spacial score (nSPS) is 24.8. The number of rotatable bonds is 2. The predicted octanol–water partition coefficient (Wildman–Crippen LogP) is 5.00. The molecular formula is C18H24OS. The lowest BCUT2D eigenvalue weighted by atomic mass is 9.60. The largest absolute Gasteiger partial charge is 0.298 e. The van der Waals surface area contributed by atoms with E-state index in [0.29, 0.717) is 11.2 Å². The lowest BCUT2D eigenvalue weighted by molar-refractivity contribution is -0.133. The van der Waals surface area contributed by atoms with E-state index in [4.69, 9.17) is 0 Å². The second-order valence-electron chi connectivity index (χ2n) is 6.79. The summed E-state index contributed by atoms with van der Waals surface area (Å²) < 4.78 is 0. The van der Waals surface area contributed by atoms with Crippen LogP contribution in [0.15, 0.2) is 17.0 Å². The van der Waals surface area contributed by atoms with Gasteiger partial charge in [0.15, 0.2) is 0 Å². The molecule has 2 heteroatoms. The highest BCUT2D eigenvalue weighted by molar-refractivity contribution is 8.00. The highest BCUT2D eigenvalue weighted by Crippen LogP contribution is 2.56.